The Balaban J connectivity index is 0.00000176. The van der Waals surface area contributed by atoms with Gasteiger partial charge in [0.05, 0.1) is 5.54 Å². The van der Waals surface area contributed by atoms with Gasteiger partial charge in [-0.1, -0.05) is 18.9 Å². The summed E-state index contributed by atoms with van der Waals surface area (Å²) in [6, 6.07) is 4.06. The summed E-state index contributed by atoms with van der Waals surface area (Å²) in [7, 11) is 0. The van der Waals surface area contributed by atoms with Gasteiger partial charge in [-0.25, -0.2) is 0 Å². The molecule has 1 aliphatic heterocycles. The fourth-order valence-corrected chi connectivity index (χ4v) is 3.39. The average molecular weight is 325 g/mol. The highest BCUT2D eigenvalue weighted by Crippen LogP contribution is 2.29. The van der Waals surface area contributed by atoms with Crippen molar-refractivity contribution < 1.29 is 4.79 Å². The fourth-order valence-electron chi connectivity index (χ4n) is 3.39. The summed E-state index contributed by atoms with van der Waals surface area (Å²) >= 11 is 0. The highest BCUT2D eigenvalue weighted by atomic mass is 35.5. The first-order valence-corrected chi connectivity index (χ1v) is 7.87. The van der Waals surface area contributed by atoms with Crippen molar-refractivity contribution in [3.8, 4) is 0 Å². The molecule has 5 nitrogen and oxygen atoms in total. The third kappa shape index (κ3) is 3.77. The second-order valence-corrected chi connectivity index (χ2v) is 6.29. The van der Waals surface area contributed by atoms with Gasteiger partial charge in [0.25, 0.3) is 0 Å². The highest BCUT2D eigenvalue weighted by Gasteiger charge is 2.40. The molecule has 1 aliphatic carbocycles. The molecule has 0 bridgehead atoms. The van der Waals surface area contributed by atoms with Crippen molar-refractivity contribution >= 4 is 18.3 Å². The maximum atomic E-state index is 12.6. The molecule has 2 N–H and O–H groups in total. The minimum Gasteiger partial charge on any atom is -0.339 e. The minimum atomic E-state index is -0.578. The van der Waals surface area contributed by atoms with Gasteiger partial charge in [0, 0.05) is 45.1 Å². The summed E-state index contributed by atoms with van der Waals surface area (Å²) in [6.45, 7) is 4.31. The molecule has 0 unspecified atom stereocenters. The first-order chi connectivity index (χ1) is 10.2. The molecule has 1 aromatic rings. The fraction of sp³-hybridized carbons (Fsp3) is 0.625. The molecule has 2 heterocycles. The zero-order valence-corrected chi connectivity index (χ0v) is 13.7. The van der Waals surface area contributed by atoms with Crippen LogP contribution in [0.3, 0.4) is 0 Å². The number of hydrogen-bond donors (Lipinski definition) is 1. The number of carbonyl (C=O) groups is 1. The third-order valence-electron chi connectivity index (χ3n) is 4.71. The van der Waals surface area contributed by atoms with Gasteiger partial charge in [0.2, 0.25) is 5.91 Å². The molecule has 1 amide bonds. The van der Waals surface area contributed by atoms with Crippen molar-refractivity contribution in [3.63, 3.8) is 0 Å². The Kier molecular flexibility index (Phi) is 5.78. The summed E-state index contributed by atoms with van der Waals surface area (Å²) < 4.78 is 0. The van der Waals surface area contributed by atoms with E-state index in [1.54, 1.807) is 6.20 Å². The van der Waals surface area contributed by atoms with Gasteiger partial charge in [-0.2, -0.15) is 0 Å². The molecular formula is C16H25ClN4O. The second kappa shape index (κ2) is 7.40. The van der Waals surface area contributed by atoms with Crippen molar-refractivity contribution in [2.24, 2.45) is 5.73 Å². The second-order valence-electron chi connectivity index (χ2n) is 6.29. The molecule has 0 aromatic carbocycles. The number of hydrogen-bond acceptors (Lipinski definition) is 4. The van der Waals surface area contributed by atoms with Crippen LogP contribution in [-0.4, -0.2) is 52.4 Å². The van der Waals surface area contributed by atoms with E-state index in [0.717, 1.165) is 58.4 Å². The van der Waals surface area contributed by atoms with Crippen LogP contribution in [0.5, 0.6) is 0 Å². The lowest BCUT2D eigenvalue weighted by Crippen LogP contribution is -2.58. The van der Waals surface area contributed by atoms with Crippen LogP contribution in [-0.2, 0) is 11.3 Å². The normalized spacial score (nSPS) is 21.4. The van der Waals surface area contributed by atoms with E-state index >= 15 is 0 Å². The number of carbonyl (C=O) groups excluding carboxylic acids is 1. The third-order valence-corrected chi connectivity index (χ3v) is 4.71. The van der Waals surface area contributed by atoms with Crippen molar-refractivity contribution in [3.05, 3.63) is 30.1 Å². The van der Waals surface area contributed by atoms with Crippen LogP contribution in [0.25, 0.3) is 0 Å². The molecule has 1 saturated carbocycles. The number of nitrogens with two attached hydrogens (primary N) is 1. The number of rotatable bonds is 3. The molecule has 1 aromatic heterocycles. The highest BCUT2D eigenvalue weighted by molar-refractivity contribution is 5.86. The molecule has 2 aliphatic rings. The smallest absolute Gasteiger partial charge is 0.242 e. The van der Waals surface area contributed by atoms with Crippen LogP contribution in [0.4, 0.5) is 0 Å². The number of amides is 1. The van der Waals surface area contributed by atoms with Gasteiger partial charge in [-0.3, -0.25) is 14.7 Å². The number of aromatic nitrogens is 1. The van der Waals surface area contributed by atoms with Crippen LogP contribution in [0.15, 0.2) is 24.5 Å². The molecule has 0 spiro atoms. The zero-order valence-electron chi connectivity index (χ0n) is 12.9. The minimum absolute atomic E-state index is 0. The van der Waals surface area contributed by atoms with Crippen LogP contribution in [0, 0.1) is 0 Å². The molecular weight excluding hydrogens is 300 g/mol. The van der Waals surface area contributed by atoms with E-state index in [9.17, 15) is 4.79 Å². The Hall–Kier alpha value is -1.17. The topological polar surface area (TPSA) is 62.5 Å². The molecule has 1 saturated heterocycles. The van der Waals surface area contributed by atoms with Crippen molar-refractivity contribution in [2.45, 2.75) is 37.8 Å². The Morgan fingerprint density at radius 1 is 1.23 bits per heavy atom. The maximum absolute atomic E-state index is 12.6. The lowest BCUT2D eigenvalue weighted by Gasteiger charge is -2.38. The van der Waals surface area contributed by atoms with Crippen LogP contribution in [0.1, 0.15) is 31.2 Å². The number of piperazine rings is 1. The van der Waals surface area contributed by atoms with E-state index in [4.69, 9.17) is 5.73 Å². The summed E-state index contributed by atoms with van der Waals surface area (Å²) in [5, 5.41) is 0. The van der Waals surface area contributed by atoms with Gasteiger partial charge in [0.1, 0.15) is 0 Å². The van der Waals surface area contributed by atoms with E-state index in [2.05, 4.69) is 16.0 Å². The molecule has 0 atom stereocenters. The van der Waals surface area contributed by atoms with E-state index in [1.807, 2.05) is 17.2 Å². The average Bonchev–Trinajstić information content (AvgIpc) is 2.96. The van der Waals surface area contributed by atoms with E-state index in [1.165, 1.54) is 5.56 Å². The molecule has 0 radical (unpaired) electrons. The Morgan fingerprint density at radius 3 is 2.50 bits per heavy atom. The van der Waals surface area contributed by atoms with Crippen molar-refractivity contribution in [1.29, 1.82) is 0 Å². The summed E-state index contributed by atoms with van der Waals surface area (Å²) in [5.41, 5.74) is 6.93. The predicted molar refractivity (Wildman–Crippen MR) is 88.7 cm³/mol. The van der Waals surface area contributed by atoms with Gasteiger partial charge in [0.15, 0.2) is 0 Å². The SMILES string of the molecule is Cl.NC1(C(=O)N2CCN(Cc3cccnc3)CC2)CCCC1. The lowest BCUT2D eigenvalue weighted by molar-refractivity contribution is -0.138. The number of nitrogens with zero attached hydrogens (tertiary/aromatic N) is 3. The van der Waals surface area contributed by atoms with Crippen molar-refractivity contribution in [2.75, 3.05) is 26.2 Å². The Labute approximate surface area is 138 Å². The van der Waals surface area contributed by atoms with Crippen molar-refractivity contribution in [1.82, 2.24) is 14.8 Å². The van der Waals surface area contributed by atoms with E-state index in [-0.39, 0.29) is 18.3 Å². The largest absolute Gasteiger partial charge is 0.339 e. The molecule has 2 fully saturated rings. The van der Waals surface area contributed by atoms with E-state index in [0.29, 0.717) is 0 Å². The Bertz CT molecular complexity index is 482. The number of halogens is 1. The summed E-state index contributed by atoms with van der Waals surface area (Å²) in [4.78, 5) is 21.0. The summed E-state index contributed by atoms with van der Waals surface area (Å²) in [6.07, 6.45) is 7.57. The van der Waals surface area contributed by atoms with Gasteiger partial charge in [-0.15, -0.1) is 12.4 Å². The lowest BCUT2D eigenvalue weighted by atomic mass is 9.97. The quantitative estimate of drug-likeness (QED) is 0.913. The molecule has 122 valence electrons. The number of pyridine rings is 1. The van der Waals surface area contributed by atoms with Gasteiger partial charge in [-0.05, 0) is 24.5 Å². The zero-order chi connectivity index (χ0) is 14.7. The molecule has 3 rings (SSSR count). The van der Waals surface area contributed by atoms with Gasteiger partial charge < -0.3 is 10.6 Å². The van der Waals surface area contributed by atoms with Crippen LogP contribution in [0.2, 0.25) is 0 Å². The van der Waals surface area contributed by atoms with Crippen LogP contribution < -0.4 is 5.73 Å². The predicted octanol–water partition coefficient (Wildman–Crippen LogP) is 1.42. The monoisotopic (exact) mass is 324 g/mol. The van der Waals surface area contributed by atoms with Crippen LogP contribution >= 0.6 is 12.4 Å². The van der Waals surface area contributed by atoms with E-state index < -0.39 is 5.54 Å². The standard InChI is InChI=1S/C16H24N4O.ClH/c17-16(5-1-2-6-16)15(21)20-10-8-19(9-11-20)13-14-4-3-7-18-12-14;/h3-4,7,12H,1-2,5-6,8-11,13,17H2;1H. The Morgan fingerprint density at radius 2 is 1.91 bits per heavy atom. The molecule has 22 heavy (non-hydrogen) atoms. The van der Waals surface area contributed by atoms with Gasteiger partial charge >= 0.3 is 0 Å². The molecule has 6 heteroatoms. The first-order valence-electron chi connectivity index (χ1n) is 7.87. The maximum Gasteiger partial charge on any atom is 0.242 e. The first kappa shape index (κ1) is 17.2. The summed E-state index contributed by atoms with van der Waals surface area (Å²) in [5.74, 6) is 0.168.